The number of hydrogen-bond donors (Lipinski definition) is 3. The second kappa shape index (κ2) is 9.30. The average molecular weight is 483 g/mol. The highest BCUT2D eigenvalue weighted by molar-refractivity contribution is 6.37. The smallest absolute Gasteiger partial charge is 0.271 e. The molecule has 0 radical (unpaired) electrons. The van der Waals surface area contributed by atoms with Crippen LogP contribution < -0.4 is 11.1 Å². The van der Waals surface area contributed by atoms with E-state index in [1.165, 1.54) is 10.9 Å². The Morgan fingerprint density at radius 2 is 1.97 bits per heavy atom. The SMILES string of the molecule is N#Cc1cn(CCO)c(-c2ccc(Nc3cn(-c4c(Cl)cccc4Cl)nc3C(N)=O)cn2)n1. The molecule has 3 aromatic heterocycles. The van der Waals surface area contributed by atoms with Gasteiger partial charge < -0.3 is 20.7 Å². The summed E-state index contributed by atoms with van der Waals surface area (Å²) in [5, 5.41) is 26.4. The third-order valence-corrected chi connectivity index (χ3v) is 5.23. The molecule has 0 aliphatic rings. The molecule has 4 N–H and O–H groups in total. The molecule has 1 amide bonds. The monoisotopic (exact) mass is 482 g/mol. The molecule has 10 nitrogen and oxygen atoms in total. The normalized spacial score (nSPS) is 10.7. The molecule has 33 heavy (non-hydrogen) atoms. The summed E-state index contributed by atoms with van der Waals surface area (Å²) in [6.07, 6.45) is 4.63. The Morgan fingerprint density at radius 1 is 1.21 bits per heavy atom. The van der Waals surface area contributed by atoms with Gasteiger partial charge in [-0.05, 0) is 24.3 Å². The summed E-state index contributed by atoms with van der Waals surface area (Å²) in [5.74, 6) is -0.287. The molecular weight excluding hydrogens is 467 g/mol. The fourth-order valence-electron chi connectivity index (χ4n) is 3.18. The number of hydrogen-bond acceptors (Lipinski definition) is 7. The lowest BCUT2D eigenvalue weighted by molar-refractivity contribution is 0.0996. The van der Waals surface area contributed by atoms with E-state index < -0.39 is 5.91 Å². The lowest BCUT2D eigenvalue weighted by Gasteiger charge is -2.08. The van der Waals surface area contributed by atoms with Crippen molar-refractivity contribution in [1.29, 1.82) is 5.26 Å². The standard InChI is InChI=1S/C21H16Cl2N8O2/c22-14-2-1-3-15(23)19(14)31-11-17(18(29-31)20(25)33)27-12-4-5-16(26-9-12)21-28-13(8-24)10-30(21)6-7-32/h1-5,9-11,27,32H,6-7H2,(H2,25,33). The average Bonchev–Trinajstić information content (AvgIpc) is 3.39. The number of halogens is 2. The quantitative estimate of drug-likeness (QED) is 0.366. The van der Waals surface area contributed by atoms with Crippen LogP contribution in [0.2, 0.25) is 10.0 Å². The Bertz CT molecular complexity index is 1350. The van der Waals surface area contributed by atoms with Crippen LogP contribution in [0.1, 0.15) is 16.2 Å². The van der Waals surface area contributed by atoms with E-state index in [0.717, 1.165) is 0 Å². The van der Waals surface area contributed by atoms with Crippen molar-refractivity contribution in [2.45, 2.75) is 6.54 Å². The number of benzene rings is 1. The van der Waals surface area contributed by atoms with E-state index in [9.17, 15) is 9.90 Å². The fraction of sp³-hybridized carbons (Fsp3) is 0.0952. The zero-order chi connectivity index (χ0) is 23.5. The number of carbonyl (C=O) groups excluding carboxylic acids is 1. The number of pyridine rings is 1. The molecule has 3 heterocycles. The number of aliphatic hydroxyl groups is 1. The molecule has 4 rings (SSSR count). The Hall–Kier alpha value is -3.91. The molecule has 0 aliphatic carbocycles. The minimum Gasteiger partial charge on any atom is -0.395 e. The summed E-state index contributed by atoms with van der Waals surface area (Å²) in [6.45, 7) is 0.167. The van der Waals surface area contributed by atoms with Crippen LogP contribution in [0.15, 0.2) is 48.9 Å². The highest BCUT2D eigenvalue weighted by Gasteiger charge is 2.18. The topological polar surface area (TPSA) is 148 Å². The molecule has 0 spiro atoms. The van der Waals surface area contributed by atoms with Gasteiger partial charge in [0.25, 0.3) is 5.91 Å². The minimum atomic E-state index is -0.737. The van der Waals surface area contributed by atoms with Crippen molar-refractivity contribution in [2.75, 3.05) is 11.9 Å². The molecule has 0 saturated heterocycles. The van der Waals surface area contributed by atoms with Gasteiger partial charge in [0.1, 0.15) is 17.5 Å². The summed E-state index contributed by atoms with van der Waals surface area (Å²) in [7, 11) is 0. The van der Waals surface area contributed by atoms with Gasteiger partial charge in [0.15, 0.2) is 17.2 Å². The number of nitrogens with zero attached hydrogens (tertiary/aromatic N) is 6. The third kappa shape index (κ3) is 4.51. The van der Waals surface area contributed by atoms with Crippen molar-refractivity contribution < 1.29 is 9.90 Å². The number of imidazole rings is 1. The van der Waals surface area contributed by atoms with Gasteiger partial charge in [0, 0.05) is 12.7 Å². The van der Waals surface area contributed by atoms with Gasteiger partial charge in [0.05, 0.1) is 40.4 Å². The van der Waals surface area contributed by atoms with Crippen LogP contribution >= 0.6 is 23.2 Å². The number of amides is 1. The number of rotatable bonds is 7. The molecular formula is C21H16Cl2N8O2. The Labute approximate surface area is 197 Å². The molecule has 0 atom stereocenters. The Morgan fingerprint density at radius 3 is 2.58 bits per heavy atom. The van der Waals surface area contributed by atoms with Gasteiger partial charge >= 0.3 is 0 Å². The number of nitrogens with one attached hydrogen (secondary N) is 1. The maximum absolute atomic E-state index is 12.0. The summed E-state index contributed by atoms with van der Waals surface area (Å²) >= 11 is 12.5. The number of aliphatic hydroxyl groups excluding tert-OH is 1. The molecule has 0 bridgehead atoms. The van der Waals surface area contributed by atoms with E-state index in [1.54, 1.807) is 47.3 Å². The van der Waals surface area contributed by atoms with Crippen molar-refractivity contribution in [1.82, 2.24) is 24.3 Å². The second-order valence-corrected chi connectivity index (χ2v) is 7.62. The van der Waals surface area contributed by atoms with E-state index in [0.29, 0.717) is 38.6 Å². The first-order valence-corrected chi connectivity index (χ1v) is 10.3. The number of nitrogens with two attached hydrogens (primary N) is 1. The van der Waals surface area contributed by atoms with E-state index in [-0.39, 0.29) is 24.5 Å². The molecule has 0 unspecified atom stereocenters. The van der Waals surface area contributed by atoms with Crippen LogP contribution in [0.4, 0.5) is 11.4 Å². The van der Waals surface area contributed by atoms with E-state index in [1.807, 2.05) is 6.07 Å². The maximum Gasteiger partial charge on any atom is 0.271 e. The summed E-state index contributed by atoms with van der Waals surface area (Å²) < 4.78 is 3.03. The predicted molar refractivity (Wildman–Crippen MR) is 123 cm³/mol. The van der Waals surface area contributed by atoms with E-state index in [2.05, 4.69) is 20.4 Å². The van der Waals surface area contributed by atoms with Gasteiger partial charge in [-0.15, -0.1) is 0 Å². The first kappa shape index (κ1) is 22.3. The predicted octanol–water partition coefficient (Wildman–Crippen LogP) is 3.14. The van der Waals surface area contributed by atoms with Crippen LogP contribution in [-0.4, -0.2) is 41.9 Å². The van der Waals surface area contributed by atoms with Crippen molar-refractivity contribution in [3.05, 3.63) is 70.4 Å². The fourth-order valence-corrected chi connectivity index (χ4v) is 3.75. The molecule has 166 valence electrons. The minimum absolute atomic E-state index is 0.00721. The van der Waals surface area contributed by atoms with Crippen molar-refractivity contribution >= 4 is 40.5 Å². The van der Waals surface area contributed by atoms with Crippen molar-refractivity contribution in [3.8, 4) is 23.3 Å². The lowest BCUT2D eigenvalue weighted by Crippen LogP contribution is -2.14. The number of primary amides is 1. The van der Waals surface area contributed by atoms with Gasteiger partial charge in [-0.3, -0.25) is 9.78 Å². The van der Waals surface area contributed by atoms with Gasteiger partial charge in [-0.1, -0.05) is 29.3 Å². The Balaban J connectivity index is 1.65. The zero-order valence-electron chi connectivity index (χ0n) is 16.9. The number of carbonyl (C=O) groups is 1. The van der Waals surface area contributed by atoms with Crippen molar-refractivity contribution in [3.63, 3.8) is 0 Å². The third-order valence-electron chi connectivity index (χ3n) is 4.62. The number of nitriles is 1. The number of anilines is 2. The summed E-state index contributed by atoms with van der Waals surface area (Å²) in [4.78, 5) is 20.6. The number of para-hydroxylation sites is 1. The van der Waals surface area contributed by atoms with Crippen LogP contribution in [-0.2, 0) is 6.54 Å². The molecule has 0 fully saturated rings. The second-order valence-electron chi connectivity index (χ2n) is 6.81. The summed E-state index contributed by atoms with van der Waals surface area (Å²) in [6, 6.07) is 10.4. The molecule has 4 aromatic rings. The zero-order valence-corrected chi connectivity index (χ0v) is 18.4. The van der Waals surface area contributed by atoms with Gasteiger partial charge in [-0.2, -0.15) is 10.4 Å². The van der Waals surface area contributed by atoms with Crippen LogP contribution in [0.25, 0.3) is 17.2 Å². The molecule has 1 aromatic carbocycles. The lowest BCUT2D eigenvalue weighted by atomic mass is 10.3. The molecule has 0 saturated carbocycles. The first-order valence-electron chi connectivity index (χ1n) is 9.56. The van der Waals surface area contributed by atoms with Gasteiger partial charge in [0.2, 0.25) is 0 Å². The highest BCUT2D eigenvalue weighted by Crippen LogP contribution is 2.30. The first-order chi connectivity index (χ1) is 15.9. The van der Waals surface area contributed by atoms with Crippen LogP contribution in [0.5, 0.6) is 0 Å². The van der Waals surface area contributed by atoms with E-state index >= 15 is 0 Å². The van der Waals surface area contributed by atoms with Crippen LogP contribution in [0, 0.1) is 11.3 Å². The van der Waals surface area contributed by atoms with Gasteiger partial charge in [-0.25, -0.2) is 9.67 Å². The molecule has 0 aliphatic heterocycles. The van der Waals surface area contributed by atoms with Crippen LogP contribution in [0.3, 0.4) is 0 Å². The van der Waals surface area contributed by atoms with E-state index in [4.69, 9.17) is 34.2 Å². The highest BCUT2D eigenvalue weighted by atomic mass is 35.5. The van der Waals surface area contributed by atoms with Crippen molar-refractivity contribution in [2.24, 2.45) is 5.73 Å². The Kier molecular flexibility index (Phi) is 6.28. The number of aromatic nitrogens is 5. The summed E-state index contributed by atoms with van der Waals surface area (Å²) in [5.41, 5.74) is 7.51. The largest absolute Gasteiger partial charge is 0.395 e. The molecule has 12 heteroatoms. The maximum atomic E-state index is 12.0.